The highest BCUT2D eigenvalue weighted by atomic mass is 35.5. The number of nitrogens with one attached hydrogen (secondary N) is 1. The quantitative estimate of drug-likeness (QED) is 0.546. The van der Waals surface area contributed by atoms with Crippen LogP contribution in [0, 0.1) is 0 Å². The number of likely N-dealkylation sites (N-methyl/N-ethyl adjacent to an activating group) is 1. The number of urea groups is 1. The number of carbonyl (C=O) groups is 3. The molecule has 2 atom stereocenters. The Kier molecular flexibility index (Phi) is 8.42. The zero-order valence-electron chi connectivity index (χ0n) is 21.0. The lowest BCUT2D eigenvalue weighted by Crippen LogP contribution is -2.56. The van der Waals surface area contributed by atoms with Crippen molar-refractivity contribution >= 4 is 41.1 Å². The number of halogens is 2. The molecule has 0 radical (unpaired) electrons. The van der Waals surface area contributed by atoms with Gasteiger partial charge in [0.15, 0.2) is 0 Å². The second kappa shape index (κ2) is 11.5. The third-order valence-corrected chi connectivity index (χ3v) is 7.27. The molecule has 0 bridgehead atoms. The van der Waals surface area contributed by atoms with E-state index in [9.17, 15) is 14.4 Å². The predicted octanol–water partition coefficient (Wildman–Crippen LogP) is 4.35. The Labute approximate surface area is 226 Å². The molecule has 37 heavy (non-hydrogen) atoms. The highest BCUT2D eigenvalue weighted by Crippen LogP contribution is 2.36. The zero-order valence-corrected chi connectivity index (χ0v) is 22.6. The molecule has 0 saturated carbocycles. The van der Waals surface area contributed by atoms with E-state index in [4.69, 9.17) is 27.9 Å². The molecule has 196 valence electrons. The zero-order chi connectivity index (χ0) is 26.7. The van der Waals surface area contributed by atoms with Crippen molar-refractivity contribution in [2.24, 2.45) is 0 Å². The van der Waals surface area contributed by atoms with E-state index in [-0.39, 0.29) is 24.6 Å². The molecular weight excluding hydrogens is 515 g/mol. The van der Waals surface area contributed by atoms with Gasteiger partial charge in [0.1, 0.15) is 0 Å². The maximum atomic E-state index is 13.2. The fraction of sp³-hybridized carbons (Fsp3) is 0.370. The number of hydrogen-bond donors (Lipinski definition) is 1. The van der Waals surface area contributed by atoms with Gasteiger partial charge in [0.25, 0.3) is 5.91 Å². The molecular formula is C27H30Cl2N4O4. The molecule has 2 aliphatic heterocycles. The van der Waals surface area contributed by atoms with Crippen LogP contribution in [0.5, 0.6) is 0 Å². The molecule has 2 aromatic carbocycles. The van der Waals surface area contributed by atoms with Crippen LogP contribution in [-0.4, -0.2) is 78.5 Å². The number of ether oxygens (including phenoxy) is 1. The molecule has 0 aromatic heterocycles. The van der Waals surface area contributed by atoms with Crippen LogP contribution in [0.4, 0.5) is 4.79 Å². The number of rotatable bonds is 6. The van der Waals surface area contributed by atoms with Gasteiger partial charge < -0.3 is 15.0 Å². The fourth-order valence-corrected chi connectivity index (χ4v) is 5.32. The Balaban J connectivity index is 1.63. The number of hydrogen-bond acceptors (Lipinski definition) is 5. The second-order valence-corrected chi connectivity index (χ2v) is 9.98. The summed E-state index contributed by atoms with van der Waals surface area (Å²) in [6, 6.07) is 13.0. The first-order valence-corrected chi connectivity index (χ1v) is 12.9. The molecule has 3 amide bonds. The minimum atomic E-state index is -0.791. The summed E-state index contributed by atoms with van der Waals surface area (Å²) in [4.78, 5) is 44.7. The second-order valence-electron chi connectivity index (χ2n) is 9.14. The summed E-state index contributed by atoms with van der Waals surface area (Å²) < 4.78 is 5.40. The predicted molar refractivity (Wildman–Crippen MR) is 143 cm³/mol. The third kappa shape index (κ3) is 5.76. The minimum Gasteiger partial charge on any atom is -0.463 e. The van der Waals surface area contributed by atoms with E-state index >= 15 is 0 Å². The molecule has 0 aliphatic carbocycles. The van der Waals surface area contributed by atoms with Crippen LogP contribution in [-0.2, 0) is 9.53 Å². The van der Waals surface area contributed by atoms with Crippen LogP contribution in [0.3, 0.4) is 0 Å². The lowest BCUT2D eigenvalue weighted by atomic mass is 9.94. The van der Waals surface area contributed by atoms with E-state index in [2.05, 4.69) is 10.2 Å². The number of nitrogens with zero attached hydrogens (tertiary/aromatic N) is 3. The van der Waals surface area contributed by atoms with Gasteiger partial charge in [-0.3, -0.25) is 14.6 Å². The van der Waals surface area contributed by atoms with Crippen molar-refractivity contribution in [3.8, 4) is 0 Å². The van der Waals surface area contributed by atoms with Crippen molar-refractivity contribution in [3.05, 3.63) is 81.0 Å². The van der Waals surface area contributed by atoms with Crippen LogP contribution in [0.25, 0.3) is 0 Å². The molecule has 2 aromatic rings. The third-order valence-electron chi connectivity index (χ3n) is 6.71. The number of carbonyl (C=O) groups excluding carboxylic acids is 3. The molecule has 1 fully saturated rings. The van der Waals surface area contributed by atoms with Crippen LogP contribution < -0.4 is 5.32 Å². The van der Waals surface area contributed by atoms with Crippen molar-refractivity contribution in [2.45, 2.75) is 25.9 Å². The summed E-state index contributed by atoms with van der Waals surface area (Å²) in [5.41, 5.74) is 2.07. The van der Waals surface area contributed by atoms with E-state index < -0.39 is 12.0 Å². The number of benzene rings is 2. The monoisotopic (exact) mass is 544 g/mol. The van der Waals surface area contributed by atoms with Gasteiger partial charge in [-0.05, 0) is 43.7 Å². The van der Waals surface area contributed by atoms with E-state index in [0.717, 1.165) is 0 Å². The summed E-state index contributed by atoms with van der Waals surface area (Å²) in [5, 5.41) is 3.67. The molecule has 2 aliphatic rings. The Bertz CT molecular complexity index is 1220. The Hall–Kier alpha value is -3.07. The van der Waals surface area contributed by atoms with Crippen molar-refractivity contribution < 1.29 is 19.1 Å². The topological polar surface area (TPSA) is 82.2 Å². The Morgan fingerprint density at radius 1 is 1.11 bits per heavy atom. The first-order valence-electron chi connectivity index (χ1n) is 12.2. The maximum absolute atomic E-state index is 13.2. The van der Waals surface area contributed by atoms with Crippen LogP contribution in [0.15, 0.2) is 59.8 Å². The fourth-order valence-electron chi connectivity index (χ4n) is 4.80. The average Bonchev–Trinajstić information content (AvgIpc) is 2.87. The van der Waals surface area contributed by atoms with Gasteiger partial charge in [-0.1, -0.05) is 47.5 Å². The molecule has 0 spiro atoms. The Morgan fingerprint density at radius 2 is 1.84 bits per heavy atom. The van der Waals surface area contributed by atoms with Gasteiger partial charge in [-0.2, -0.15) is 0 Å². The summed E-state index contributed by atoms with van der Waals surface area (Å²) in [6.45, 7) is 5.95. The molecule has 2 unspecified atom stereocenters. The number of piperazine rings is 1. The van der Waals surface area contributed by atoms with E-state index in [1.807, 2.05) is 42.2 Å². The first kappa shape index (κ1) is 27.0. The SMILES string of the molecule is CCOC(=O)C1=C(CN2CCN(C(=O)c3ccccc3)C(C)C2)N(C)C(=O)NC1c1ccc(Cl)cc1Cl. The van der Waals surface area contributed by atoms with Gasteiger partial charge in [0.2, 0.25) is 0 Å². The van der Waals surface area contributed by atoms with Crippen LogP contribution in [0.2, 0.25) is 10.0 Å². The molecule has 1 N–H and O–H groups in total. The summed E-state index contributed by atoms with van der Waals surface area (Å²) >= 11 is 12.6. The van der Waals surface area contributed by atoms with Gasteiger partial charge in [0, 0.05) is 60.6 Å². The highest BCUT2D eigenvalue weighted by Gasteiger charge is 2.39. The minimum absolute atomic E-state index is 0.00853. The molecule has 10 heteroatoms. The maximum Gasteiger partial charge on any atom is 0.338 e. The lowest BCUT2D eigenvalue weighted by Gasteiger charge is -2.42. The van der Waals surface area contributed by atoms with Crippen LogP contribution >= 0.6 is 23.2 Å². The van der Waals surface area contributed by atoms with Crippen molar-refractivity contribution in [2.75, 3.05) is 39.8 Å². The van der Waals surface area contributed by atoms with Crippen LogP contribution in [0.1, 0.15) is 35.8 Å². The largest absolute Gasteiger partial charge is 0.463 e. The molecule has 8 nitrogen and oxygen atoms in total. The number of amides is 3. The normalized spacial score (nSPS) is 20.6. The van der Waals surface area contributed by atoms with Gasteiger partial charge >= 0.3 is 12.0 Å². The average molecular weight is 545 g/mol. The summed E-state index contributed by atoms with van der Waals surface area (Å²) in [7, 11) is 1.63. The smallest absolute Gasteiger partial charge is 0.338 e. The highest BCUT2D eigenvalue weighted by molar-refractivity contribution is 6.35. The van der Waals surface area contributed by atoms with E-state index in [0.29, 0.717) is 58.6 Å². The van der Waals surface area contributed by atoms with Gasteiger partial charge in [0.05, 0.1) is 18.2 Å². The summed E-state index contributed by atoms with van der Waals surface area (Å²) in [5.74, 6) is -0.530. The van der Waals surface area contributed by atoms with Crippen molar-refractivity contribution in [3.63, 3.8) is 0 Å². The van der Waals surface area contributed by atoms with Gasteiger partial charge in [-0.15, -0.1) is 0 Å². The first-order chi connectivity index (χ1) is 17.7. The standard InChI is InChI=1S/C27H30Cl2N4O4/c1-4-37-26(35)23-22(31(3)27(36)30-24(23)20-11-10-19(28)14-21(20)29)16-32-12-13-33(17(2)15-32)25(34)18-8-6-5-7-9-18/h5-11,14,17,24H,4,12-13,15-16H2,1-3H3,(H,30,36). The Morgan fingerprint density at radius 3 is 2.49 bits per heavy atom. The molecule has 2 heterocycles. The van der Waals surface area contributed by atoms with Gasteiger partial charge in [-0.25, -0.2) is 9.59 Å². The summed E-state index contributed by atoms with van der Waals surface area (Å²) in [6.07, 6.45) is 0. The van der Waals surface area contributed by atoms with Crippen molar-refractivity contribution in [1.29, 1.82) is 0 Å². The number of esters is 1. The molecule has 4 rings (SSSR count). The molecule has 1 saturated heterocycles. The van der Waals surface area contributed by atoms with E-state index in [1.165, 1.54) is 4.90 Å². The van der Waals surface area contributed by atoms with Crippen molar-refractivity contribution in [1.82, 2.24) is 20.0 Å². The lowest BCUT2D eigenvalue weighted by molar-refractivity contribution is -0.139. The van der Waals surface area contributed by atoms with E-state index in [1.54, 1.807) is 32.2 Å².